The van der Waals surface area contributed by atoms with E-state index in [0.29, 0.717) is 13.1 Å². The fourth-order valence-corrected chi connectivity index (χ4v) is 3.63. The molecule has 1 aromatic heterocycles. The van der Waals surface area contributed by atoms with E-state index in [1.807, 2.05) is 12.1 Å². The number of likely N-dealkylation sites (N-methyl/N-ethyl adjacent to an activating group) is 1. The summed E-state index contributed by atoms with van der Waals surface area (Å²) in [5.41, 5.74) is 0.532. The van der Waals surface area contributed by atoms with Gasteiger partial charge < -0.3 is 10.2 Å². The molecule has 1 aliphatic heterocycles. The quantitative estimate of drug-likeness (QED) is 0.788. The number of piperidine rings is 1. The monoisotopic (exact) mass is 406 g/mol. The van der Waals surface area contributed by atoms with E-state index in [2.05, 4.69) is 22.1 Å². The number of hydrogen-bond donors (Lipinski definition) is 1. The van der Waals surface area contributed by atoms with Crippen molar-refractivity contribution in [3.8, 4) is 0 Å². The molecule has 0 spiro atoms. The van der Waals surface area contributed by atoms with E-state index in [0.717, 1.165) is 43.6 Å². The standard InChI is InChI=1S/C21H25F3N4O/c1-2-27(14-16-8-10-25-11-9-16)19-7-4-12-28(15-19)20(29)26-18-6-3-5-17(13-18)21(22,23)24/h3,5-6,8-11,13,19H,2,4,7,12,14-15H2,1H3,(H,26,29). The molecule has 0 radical (unpaired) electrons. The zero-order chi connectivity index (χ0) is 20.9. The lowest BCUT2D eigenvalue weighted by Crippen LogP contribution is -2.50. The Labute approximate surface area is 168 Å². The zero-order valence-electron chi connectivity index (χ0n) is 16.3. The van der Waals surface area contributed by atoms with Gasteiger partial charge in [0.05, 0.1) is 5.56 Å². The molecule has 1 fully saturated rings. The number of pyridine rings is 1. The van der Waals surface area contributed by atoms with Gasteiger partial charge in [-0.1, -0.05) is 13.0 Å². The molecule has 156 valence electrons. The number of aromatic nitrogens is 1. The normalized spacial score (nSPS) is 17.4. The van der Waals surface area contributed by atoms with Crippen LogP contribution in [-0.2, 0) is 12.7 Å². The summed E-state index contributed by atoms with van der Waals surface area (Å²) >= 11 is 0. The van der Waals surface area contributed by atoms with Crippen LogP contribution in [0.15, 0.2) is 48.8 Å². The van der Waals surface area contributed by atoms with Gasteiger partial charge in [0.1, 0.15) is 0 Å². The van der Waals surface area contributed by atoms with Gasteiger partial charge in [0.15, 0.2) is 0 Å². The van der Waals surface area contributed by atoms with E-state index in [1.54, 1.807) is 17.3 Å². The van der Waals surface area contributed by atoms with Crippen LogP contribution in [0.3, 0.4) is 0 Å². The predicted octanol–water partition coefficient (Wildman–Crippen LogP) is 4.62. The smallest absolute Gasteiger partial charge is 0.323 e. The number of carbonyl (C=O) groups is 1. The molecule has 5 nitrogen and oxygen atoms in total. The van der Waals surface area contributed by atoms with Crippen molar-refractivity contribution in [3.63, 3.8) is 0 Å². The van der Waals surface area contributed by atoms with Crippen molar-refractivity contribution in [2.45, 2.75) is 38.5 Å². The summed E-state index contributed by atoms with van der Waals surface area (Å²) in [6.45, 7) is 4.84. The molecule has 8 heteroatoms. The van der Waals surface area contributed by atoms with Gasteiger partial charge in [-0.2, -0.15) is 13.2 Å². The largest absolute Gasteiger partial charge is 0.416 e. The van der Waals surface area contributed by atoms with Crippen LogP contribution in [0.2, 0.25) is 0 Å². The van der Waals surface area contributed by atoms with Crippen LogP contribution in [0.5, 0.6) is 0 Å². The Bertz CT molecular complexity index is 813. The minimum atomic E-state index is -4.44. The van der Waals surface area contributed by atoms with Crippen LogP contribution < -0.4 is 5.32 Å². The fraction of sp³-hybridized carbons (Fsp3) is 0.429. The maximum Gasteiger partial charge on any atom is 0.416 e. The van der Waals surface area contributed by atoms with Crippen molar-refractivity contribution in [1.82, 2.24) is 14.8 Å². The van der Waals surface area contributed by atoms with Crippen molar-refractivity contribution in [2.75, 3.05) is 25.0 Å². The predicted molar refractivity (Wildman–Crippen MR) is 105 cm³/mol. The lowest BCUT2D eigenvalue weighted by Gasteiger charge is -2.39. The SMILES string of the molecule is CCN(Cc1ccncc1)C1CCCN(C(=O)Nc2cccc(C(F)(F)F)c2)C1. The van der Waals surface area contributed by atoms with Crippen LogP contribution in [0.4, 0.5) is 23.7 Å². The van der Waals surface area contributed by atoms with Crippen molar-refractivity contribution in [2.24, 2.45) is 0 Å². The van der Waals surface area contributed by atoms with Crippen molar-refractivity contribution < 1.29 is 18.0 Å². The molecule has 1 atom stereocenters. The Hall–Kier alpha value is -2.61. The number of halogens is 3. The van der Waals surface area contributed by atoms with Crippen LogP contribution in [0.1, 0.15) is 30.9 Å². The number of alkyl halides is 3. The number of hydrogen-bond acceptors (Lipinski definition) is 3. The number of nitrogens with zero attached hydrogens (tertiary/aromatic N) is 3. The molecule has 1 N–H and O–H groups in total. The third-order valence-corrected chi connectivity index (χ3v) is 5.18. The number of anilines is 1. The molecule has 2 aromatic rings. The number of carbonyl (C=O) groups excluding carboxylic acids is 1. The van der Waals surface area contributed by atoms with Gasteiger partial charge in [-0.05, 0) is 55.3 Å². The highest BCUT2D eigenvalue weighted by Crippen LogP contribution is 2.30. The second-order valence-electron chi connectivity index (χ2n) is 7.17. The van der Waals surface area contributed by atoms with Gasteiger partial charge in [0.2, 0.25) is 0 Å². The van der Waals surface area contributed by atoms with E-state index in [4.69, 9.17) is 0 Å². The molecule has 29 heavy (non-hydrogen) atoms. The van der Waals surface area contributed by atoms with Gasteiger partial charge in [0, 0.05) is 43.8 Å². The maximum atomic E-state index is 12.9. The van der Waals surface area contributed by atoms with E-state index < -0.39 is 11.7 Å². The van der Waals surface area contributed by atoms with E-state index in [-0.39, 0.29) is 17.8 Å². The summed E-state index contributed by atoms with van der Waals surface area (Å²) in [7, 11) is 0. The Balaban J connectivity index is 1.63. The molecule has 2 amide bonds. The van der Waals surface area contributed by atoms with Crippen molar-refractivity contribution >= 4 is 11.7 Å². The van der Waals surface area contributed by atoms with E-state index in [9.17, 15) is 18.0 Å². The summed E-state index contributed by atoms with van der Waals surface area (Å²) in [5, 5.41) is 2.61. The number of urea groups is 1. The topological polar surface area (TPSA) is 48.5 Å². The third-order valence-electron chi connectivity index (χ3n) is 5.18. The van der Waals surface area contributed by atoms with Gasteiger partial charge in [-0.3, -0.25) is 9.88 Å². The molecule has 1 aliphatic rings. The molecule has 0 aliphatic carbocycles. The van der Waals surface area contributed by atoms with E-state index in [1.165, 1.54) is 12.1 Å². The number of likely N-dealkylation sites (tertiary alicyclic amines) is 1. The first-order valence-corrected chi connectivity index (χ1v) is 9.73. The molecule has 1 aromatic carbocycles. The van der Waals surface area contributed by atoms with Crippen LogP contribution in [0.25, 0.3) is 0 Å². The molecule has 1 saturated heterocycles. The average molecular weight is 406 g/mol. The summed E-state index contributed by atoms with van der Waals surface area (Å²) in [6, 6.07) is 8.50. The molecule has 0 bridgehead atoms. The van der Waals surface area contributed by atoms with Crippen molar-refractivity contribution in [3.05, 3.63) is 59.9 Å². The fourth-order valence-electron chi connectivity index (χ4n) is 3.63. The molecule has 1 unspecified atom stereocenters. The summed E-state index contributed by atoms with van der Waals surface area (Å²) < 4.78 is 38.7. The molecular formula is C21H25F3N4O. The molecule has 0 saturated carbocycles. The minimum absolute atomic E-state index is 0.149. The molecule has 2 heterocycles. The van der Waals surface area contributed by atoms with Crippen molar-refractivity contribution in [1.29, 1.82) is 0 Å². The Kier molecular flexibility index (Phi) is 6.74. The lowest BCUT2D eigenvalue weighted by molar-refractivity contribution is -0.137. The van der Waals surface area contributed by atoms with Gasteiger partial charge in [-0.15, -0.1) is 0 Å². The highest BCUT2D eigenvalue weighted by Gasteiger charge is 2.31. The molecular weight excluding hydrogens is 381 g/mol. The average Bonchev–Trinajstić information content (AvgIpc) is 2.72. The Morgan fingerprint density at radius 3 is 2.72 bits per heavy atom. The summed E-state index contributed by atoms with van der Waals surface area (Å²) in [5.74, 6) is 0. The second-order valence-corrected chi connectivity index (χ2v) is 7.17. The lowest BCUT2D eigenvalue weighted by atomic mass is 10.0. The van der Waals surface area contributed by atoms with E-state index >= 15 is 0 Å². The highest BCUT2D eigenvalue weighted by molar-refractivity contribution is 5.89. The first kappa shape index (κ1) is 21.1. The van der Waals surface area contributed by atoms with Gasteiger partial charge in [-0.25, -0.2) is 4.79 Å². The number of benzene rings is 1. The number of amides is 2. The maximum absolute atomic E-state index is 12.9. The van der Waals surface area contributed by atoms with Crippen LogP contribution >= 0.6 is 0 Å². The summed E-state index contributed by atoms with van der Waals surface area (Å²) in [4.78, 5) is 20.7. The Morgan fingerprint density at radius 2 is 2.03 bits per heavy atom. The minimum Gasteiger partial charge on any atom is -0.323 e. The second kappa shape index (κ2) is 9.26. The summed E-state index contributed by atoms with van der Waals surface area (Å²) in [6.07, 6.45) is 0.920. The number of nitrogens with one attached hydrogen (secondary N) is 1. The zero-order valence-corrected chi connectivity index (χ0v) is 16.3. The van der Waals surface area contributed by atoms with Crippen LogP contribution in [-0.4, -0.2) is 46.5 Å². The first-order chi connectivity index (χ1) is 13.9. The molecule has 3 rings (SSSR count). The van der Waals surface area contributed by atoms with Gasteiger partial charge >= 0.3 is 12.2 Å². The number of rotatable bonds is 5. The third kappa shape index (κ3) is 5.69. The highest BCUT2D eigenvalue weighted by atomic mass is 19.4. The first-order valence-electron chi connectivity index (χ1n) is 9.73. The Morgan fingerprint density at radius 1 is 1.28 bits per heavy atom. The van der Waals surface area contributed by atoms with Crippen LogP contribution in [0, 0.1) is 0 Å². The van der Waals surface area contributed by atoms with Gasteiger partial charge in [0.25, 0.3) is 0 Å².